The summed E-state index contributed by atoms with van der Waals surface area (Å²) >= 11 is 0. The molecule has 1 aromatic carbocycles. The molecule has 0 radical (unpaired) electrons. The van der Waals surface area contributed by atoms with E-state index in [-0.39, 0.29) is 11.7 Å². The number of nitrogens with one attached hydrogen (secondary N) is 2. The van der Waals surface area contributed by atoms with Gasteiger partial charge in [0.25, 0.3) is 0 Å². The normalized spacial score (nSPS) is 19.0. The minimum absolute atomic E-state index is 0.167. The van der Waals surface area contributed by atoms with Crippen molar-refractivity contribution in [2.45, 2.75) is 32.1 Å². The van der Waals surface area contributed by atoms with Crippen LogP contribution in [0.5, 0.6) is 0 Å². The Bertz CT molecular complexity index is 1130. The van der Waals surface area contributed by atoms with Crippen molar-refractivity contribution in [3.05, 3.63) is 42.9 Å². The summed E-state index contributed by atoms with van der Waals surface area (Å²) in [6, 6.07) is 9.78. The molecule has 8 heteroatoms. The fourth-order valence-electron chi connectivity index (χ4n) is 4.83. The molecule has 2 N–H and O–H groups in total. The average molecular weight is 433 g/mol. The lowest BCUT2D eigenvalue weighted by atomic mass is 9.92. The molecule has 8 nitrogen and oxygen atoms in total. The molecule has 3 aromatic rings. The summed E-state index contributed by atoms with van der Waals surface area (Å²) in [5, 5.41) is 4.28. The van der Waals surface area contributed by atoms with Crippen LogP contribution < -0.4 is 15.1 Å². The third-order valence-corrected chi connectivity index (χ3v) is 6.39. The van der Waals surface area contributed by atoms with Crippen LogP contribution in [-0.2, 0) is 9.59 Å². The molecule has 2 aliphatic heterocycles. The van der Waals surface area contributed by atoms with Crippen molar-refractivity contribution in [3.8, 4) is 0 Å². The molecule has 32 heavy (non-hydrogen) atoms. The second-order valence-corrected chi connectivity index (χ2v) is 8.69. The maximum absolute atomic E-state index is 12.7. The Kier molecular flexibility index (Phi) is 5.75. The molecule has 0 bridgehead atoms. The minimum atomic E-state index is 0.167. The Morgan fingerprint density at radius 1 is 1.19 bits per heavy atom. The largest absolute Gasteiger partial charge is 0.378 e. The zero-order valence-corrected chi connectivity index (χ0v) is 18.1. The summed E-state index contributed by atoms with van der Waals surface area (Å²) in [6.45, 7) is 2.84. The predicted octanol–water partition coefficient (Wildman–Crippen LogP) is 3.37. The number of benzene rings is 1. The number of amides is 1. The summed E-state index contributed by atoms with van der Waals surface area (Å²) < 4.78 is 0. The Morgan fingerprint density at radius 3 is 3.00 bits per heavy atom. The number of rotatable bonds is 7. The summed E-state index contributed by atoms with van der Waals surface area (Å²) in [5.41, 5.74) is 2.61. The predicted molar refractivity (Wildman–Crippen MR) is 125 cm³/mol. The lowest BCUT2D eigenvalue weighted by Crippen LogP contribution is -2.37. The topological polar surface area (TPSA) is 94.2 Å². The number of Topliss-reactive ketones (excluding diaryl/α,β-unsaturated/α-hetero) is 1. The number of nitrogens with zero attached hydrogens (tertiary/aromatic N) is 4. The molecular weight excluding hydrogens is 404 g/mol. The van der Waals surface area contributed by atoms with E-state index in [1.165, 1.54) is 0 Å². The van der Waals surface area contributed by atoms with Gasteiger partial charge in [0.05, 0.1) is 11.9 Å². The van der Waals surface area contributed by atoms with Crippen LogP contribution in [0, 0.1) is 5.92 Å². The summed E-state index contributed by atoms with van der Waals surface area (Å²) in [4.78, 5) is 40.7. The molecule has 2 fully saturated rings. The molecule has 166 valence electrons. The van der Waals surface area contributed by atoms with Crippen molar-refractivity contribution in [3.63, 3.8) is 0 Å². The Hall–Kier alpha value is -3.42. The fraction of sp³-hybridized carbons (Fsp3) is 0.417. The first-order chi connectivity index (χ1) is 15.7. The van der Waals surface area contributed by atoms with Crippen LogP contribution in [0.25, 0.3) is 11.0 Å². The molecule has 0 spiro atoms. The number of carbonyl (C=O) groups is 2. The van der Waals surface area contributed by atoms with Crippen molar-refractivity contribution in [2.75, 3.05) is 41.3 Å². The SMILES string of the molecule is O=C(CNc1cccc(N2CCCC2=O)c1)CC1CCCN(c2ncnc3[nH]ccc23)C1. The molecule has 2 aromatic heterocycles. The average Bonchev–Trinajstić information content (AvgIpc) is 3.47. The fourth-order valence-corrected chi connectivity index (χ4v) is 4.83. The molecule has 4 heterocycles. The molecule has 2 saturated heterocycles. The van der Waals surface area contributed by atoms with Crippen LogP contribution in [0.1, 0.15) is 32.1 Å². The van der Waals surface area contributed by atoms with Gasteiger partial charge in [-0.05, 0) is 49.4 Å². The zero-order chi connectivity index (χ0) is 21.9. The van der Waals surface area contributed by atoms with Crippen molar-refractivity contribution in [1.29, 1.82) is 0 Å². The third-order valence-electron chi connectivity index (χ3n) is 6.39. The summed E-state index contributed by atoms with van der Waals surface area (Å²) in [6.07, 6.45) is 7.64. The number of H-pyrrole nitrogens is 1. The smallest absolute Gasteiger partial charge is 0.227 e. The number of aromatic nitrogens is 3. The molecule has 5 rings (SSSR count). The van der Waals surface area contributed by atoms with E-state index in [4.69, 9.17) is 0 Å². The molecule has 0 aliphatic carbocycles. The Labute approximate surface area is 187 Å². The second kappa shape index (κ2) is 8.98. The highest BCUT2D eigenvalue weighted by Gasteiger charge is 2.25. The maximum atomic E-state index is 12.7. The highest BCUT2D eigenvalue weighted by atomic mass is 16.2. The second-order valence-electron chi connectivity index (χ2n) is 8.69. The van der Waals surface area contributed by atoms with Gasteiger partial charge in [-0.25, -0.2) is 9.97 Å². The standard InChI is InChI=1S/C24H28N6O2/c31-20(14-26-18-5-1-6-19(13-18)30-11-3-7-22(30)32)12-17-4-2-10-29(15-17)24-21-8-9-25-23(21)27-16-28-24/h1,5-6,8-9,13,16-17,26H,2-4,7,10-12,14-15H2,(H,25,27,28). The van der Waals surface area contributed by atoms with Crippen LogP contribution in [0.15, 0.2) is 42.9 Å². The van der Waals surface area contributed by atoms with Crippen molar-refractivity contribution >= 4 is 39.9 Å². The van der Waals surface area contributed by atoms with E-state index < -0.39 is 0 Å². The molecule has 0 saturated carbocycles. The van der Waals surface area contributed by atoms with Gasteiger partial charge in [-0.15, -0.1) is 0 Å². The summed E-state index contributed by atoms with van der Waals surface area (Å²) in [5.74, 6) is 1.63. The van der Waals surface area contributed by atoms with Gasteiger partial charge in [0.1, 0.15) is 17.8 Å². The first-order valence-corrected chi connectivity index (χ1v) is 11.4. The van der Waals surface area contributed by atoms with Gasteiger partial charge in [-0.1, -0.05) is 6.07 Å². The zero-order valence-electron chi connectivity index (χ0n) is 18.1. The molecule has 2 aliphatic rings. The van der Waals surface area contributed by atoms with Crippen LogP contribution in [0.2, 0.25) is 0 Å². The summed E-state index contributed by atoms with van der Waals surface area (Å²) in [7, 11) is 0. The lowest BCUT2D eigenvalue weighted by molar-refractivity contribution is -0.118. The van der Waals surface area contributed by atoms with Gasteiger partial charge in [0.15, 0.2) is 5.78 Å². The van der Waals surface area contributed by atoms with Gasteiger partial charge in [0, 0.05) is 50.0 Å². The molecule has 1 unspecified atom stereocenters. The monoisotopic (exact) mass is 432 g/mol. The quantitative estimate of drug-likeness (QED) is 0.595. The van der Waals surface area contributed by atoms with Crippen LogP contribution in [0.4, 0.5) is 17.2 Å². The number of aromatic amines is 1. The molecule has 1 atom stereocenters. The van der Waals surface area contributed by atoms with Gasteiger partial charge in [-0.3, -0.25) is 9.59 Å². The number of fused-ring (bicyclic) bond motifs is 1. The number of piperidine rings is 1. The number of anilines is 3. The third kappa shape index (κ3) is 4.30. The number of carbonyl (C=O) groups excluding carboxylic acids is 2. The lowest BCUT2D eigenvalue weighted by Gasteiger charge is -2.33. The van der Waals surface area contributed by atoms with E-state index in [0.717, 1.165) is 67.1 Å². The van der Waals surface area contributed by atoms with Crippen molar-refractivity contribution in [1.82, 2.24) is 15.0 Å². The number of hydrogen-bond acceptors (Lipinski definition) is 6. The van der Waals surface area contributed by atoms with E-state index in [9.17, 15) is 9.59 Å². The molecule has 1 amide bonds. The van der Waals surface area contributed by atoms with Gasteiger partial charge < -0.3 is 20.1 Å². The Morgan fingerprint density at radius 2 is 2.12 bits per heavy atom. The van der Waals surface area contributed by atoms with E-state index >= 15 is 0 Å². The highest BCUT2D eigenvalue weighted by molar-refractivity contribution is 5.95. The van der Waals surface area contributed by atoms with Crippen molar-refractivity contribution in [2.24, 2.45) is 5.92 Å². The van der Waals surface area contributed by atoms with Crippen LogP contribution in [0.3, 0.4) is 0 Å². The van der Waals surface area contributed by atoms with Gasteiger partial charge >= 0.3 is 0 Å². The minimum Gasteiger partial charge on any atom is -0.378 e. The van der Waals surface area contributed by atoms with Crippen LogP contribution in [-0.4, -0.2) is 52.8 Å². The first-order valence-electron chi connectivity index (χ1n) is 11.4. The Balaban J connectivity index is 1.17. The number of hydrogen-bond donors (Lipinski definition) is 2. The van der Waals surface area contributed by atoms with E-state index in [2.05, 4.69) is 25.2 Å². The van der Waals surface area contributed by atoms with E-state index in [0.29, 0.717) is 25.3 Å². The number of ketones is 1. The first kappa shape index (κ1) is 20.5. The maximum Gasteiger partial charge on any atom is 0.227 e. The highest BCUT2D eigenvalue weighted by Crippen LogP contribution is 2.28. The van der Waals surface area contributed by atoms with Crippen LogP contribution >= 0.6 is 0 Å². The van der Waals surface area contributed by atoms with E-state index in [1.54, 1.807) is 6.33 Å². The van der Waals surface area contributed by atoms with Crippen molar-refractivity contribution < 1.29 is 9.59 Å². The molecular formula is C24H28N6O2. The van der Waals surface area contributed by atoms with E-state index in [1.807, 2.05) is 41.4 Å². The van der Waals surface area contributed by atoms with Gasteiger partial charge in [0.2, 0.25) is 5.91 Å². The van der Waals surface area contributed by atoms with Gasteiger partial charge in [-0.2, -0.15) is 0 Å².